The van der Waals surface area contributed by atoms with Crippen LogP contribution in [-0.4, -0.2) is 30.0 Å². The third-order valence-electron chi connectivity index (χ3n) is 3.24. The van der Waals surface area contributed by atoms with Crippen molar-refractivity contribution in [2.24, 2.45) is 4.99 Å². The molecular formula is C25H43N3O3. The van der Waals surface area contributed by atoms with Crippen molar-refractivity contribution in [2.75, 3.05) is 6.54 Å². The van der Waals surface area contributed by atoms with E-state index in [9.17, 15) is 9.59 Å². The van der Waals surface area contributed by atoms with Crippen LogP contribution in [0.3, 0.4) is 0 Å². The lowest BCUT2D eigenvalue weighted by molar-refractivity contribution is -0.118. The minimum absolute atomic E-state index is 0.194. The Morgan fingerprint density at radius 2 is 1.58 bits per heavy atom. The fourth-order valence-corrected chi connectivity index (χ4v) is 2.16. The van der Waals surface area contributed by atoms with Gasteiger partial charge in [-0.2, -0.15) is 0 Å². The fraction of sp³-hybridized carbons (Fsp3) is 0.560. The Hall–Kier alpha value is -2.63. The highest BCUT2D eigenvalue weighted by Crippen LogP contribution is 2.15. The monoisotopic (exact) mass is 433 g/mol. The van der Waals surface area contributed by atoms with Crippen LogP contribution in [0.25, 0.3) is 5.70 Å². The van der Waals surface area contributed by atoms with E-state index in [4.69, 9.17) is 4.74 Å². The number of alkyl carbamates (subject to hydrolysis) is 1. The molecule has 31 heavy (non-hydrogen) atoms. The van der Waals surface area contributed by atoms with E-state index in [1.54, 1.807) is 27.7 Å². The SMILES string of the molecule is C=C(N=C(C)NC(=O)CNC(=O)OC(C)(C)C)c1ccc(CCC)cc1.CC.CCC. The number of benzene rings is 1. The van der Waals surface area contributed by atoms with E-state index in [-0.39, 0.29) is 12.5 Å². The zero-order valence-corrected chi connectivity index (χ0v) is 21.0. The summed E-state index contributed by atoms with van der Waals surface area (Å²) in [6, 6.07) is 8.04. The average Bonchev–Trinajstić information content (AvgIpc) is 2.68. The number of nitrogens with one attached hydrogen (secondary N) is 2. The van der Waals surface area contributed by atoms with Crippen molar-refractivity contribution in [1.29, 1.82) is 0 Å². The molecule has 0 heterocycles. The van der Waals surface area contributed by atoms with Crippen molar-refractivity contribution >= 4 is 23.5 Å². The van der Waals surface area contributed by atoms with E-state index in [1.807, 2.05) is 26.0 Å². The quantitative estimate of drug-likeness (QED) is 0.419. The van der Waals surface area contributed by atoms with Gasteiger partial charge in [-0.3, -0.25) is 4.79 Å². The van der Waals surface area contributed by atoms with Crippen LogP contribution in [0.2, 0.25) is 0 Å². The molecule has 0 aliphatic rings. The van der Waals surface area contributed by atoms with Gasteiger partial charge >= 0.3 is 6.09 Å². The second kappa shape index (κ2) is 17.1. The summed E-state index contributed by atoms with van der Waals surface area (Å²) < 4.78 is 5.07. The van der Waals surface area contributed by atoms with Crippen LogP contribution < -0.4 is 10.6 Å². The van der Waals surface area contributed by atoms with Gasteiger partial charge in [-0.15, -0.1) is 0 Å². The molecule has 0 saturated carbocycles. The zero-order chi connectivity index (χ0) is 24.4. The largest absolute Gasteiger partial charge is 0.444 e. The molecule has 6 heteroatoms. The van der Waals surface area contributed by atoms with Gasteiger partial charge in [0.1, 0.15) is 18.0 Å². The number of hydrogen-bond acceptors (Lipinski definition) is 4. The van der Waals surface area contributed by atoms with E-state index >= 15 is 0 Å². The average molecular weight is 434 g/mol. The van der Waals surface area contributed by atoms with Crippen molar-refractivity contribution in [1.82, 2.24) is 10.6 Å². The maximum absolute atomic E-state index is 11.9. The molecule has 0 bridgehead atoms. The molecule has 1 rings (SSSR count). The molecule has 1 aromatic carbocycles. The van der Waals surface area contributed by atoms with Crippen molar-refractivity contribution in [3.05, 3.63) is 42.0 Å². The van der Waals surface area contributed by atoms with E-state index < -0.39 is 11.7 Å². The molecule has 0 aliphatic heterocycles. The molecule has 6 nitrogen and oxygen atoms in total. The number of nitrogens with zero attached hydrogens (tertiary/aromatic N) is 1. The van der Waals surface area contributed by atoms with Crippen LogP contribution in [0.5, 0.6) is 0 Å². The third kappa shape index (κ3) is 16.8. The minimum Gasteiger partial charge on any atom is -0.444 e. The molecule has 2 N–H and O–H groups in total. The molecular weight excluding hydrogens is 390 g/mol. The summed E-state index contributed by atoms with van der Waals surface area (Å²) in [7, 11) is 0. The van der Waals surface area contributed by atoms with Gasteiger partial charge in [0, 0.05) is 0 Å². The number of hydrogen-bond donors (Lipinski definition) is 2. The number of ether oxygens (including phenoxy) is 1. The first-order valence-electron chi connectivity index (χ1n) is 11.1. The van der Waals surface area contributed by atoms with Gasteiger partial charge in [-0.05, 0) is 45.2 Å². The standard InChI is InChI=1S/C20H29N3O3.C3H8.C2H6/c1-7-8-16-9-11-17(12-10-16)14(2)22-15(3)23-18(24)13-21-19(25)26-20(4,5)6;1-3-2;1-2/h9-12H,2,7-8,13H2,1,3-6H3,(H,21,25)(H,22,23,24);3H2,1-2H3;1-2H3. The van der Waals surface area contributed by atoms with Crippen molar-refractivity contribution < 1.29 is 14.3 Å². The Bertz CT molecular complexity index is 687. The highest BCUT2D eigenvalue weighted by molar-refractivity contribution is 6.00. The fourth-order valence-electron chi connectivity index (χ4n) is 2.16. The first-order valence-corrected chi connectivity index (χ1v) is 11.1. The maximum Gasteiger partial charge on any atom is 0.408 e. The summed E-state index contributed by atoms with van der Waals surface area (Å²) >= 11 is 0. The summed E-state index contributed by atoms with van der Waals surface area (Å²) in [5.74, 6) is 0.0202. The minimum atomic E-state index is -0.640. The molecule has 0 radical (unpaired) electrons. The van der Waals surface area contributed by atoms with E-state index in [2.05, 4.69) is 55.1 Å². The summed E-state index contributed by atoms with van der Waals surface area (Å²) in [6.07, 6.45) is 2.75. The lowest BCUT2D eigenvalue weighted by Gasteiger charge is -2.19. The predicted octanol–water partition coefficient (Wildman–Crippen LogP) is 6.11. The summed E-state index contributed by atoms with van der Waals surface area (Å²) in [6.45, 7) is 21.1. The molecule has 0 aliphatic carbocycles. The molecule has 0 atom stereocenters. The molecule has 2 amide bonds. The molecule has 0 fully saturated rings. The summed E-state index contributed by atoms with van der Waals surface area (Å²) in [4.78, 5) is 27.7. The number of carbonyl (C=O) groups is 2. The second-order valence-electron chi connectivity index (χ2n) is 7.70. The van der Waals surface area contributed by atoms with Gasteiger partial charge in [-0.1, -0.05) is 78.3 Å². The van der Waals surface area contributed by atoms with E-state index in [0.29, 0.717) is 11.5 Å². The van der Waals surface area contributed by atoms with Crippen LogP contribution in [0, 0.1) is 0 Å². The first kappa shape index (κ1) is 30.6. The first-order chi connectivity index (χ1) is 14.5. The van der Waals surface area contributed by atoms with Crippen LogP contribution in [-0.2, 0) is 16.0 Å². The number of rotatable bonds is 6. The van der Waals surface area contributed by atoms with E-state index in [0.717, 1.165) is 18.4 Å². The van der Waals surface area contributed by atoms with Gasteiger partial charge in [-0.25, -0.2) is 9.79 Å². The van der Waals surface area contributed by atoms with Gasteiger partial charge < -0.3 is 15.4 Å². The van der Waals surface area contributed by atoms with Gasteiger partial charge in [0.2, 0.25) is 5.91 Å². The van der Waals surface area contributed by atoms with Crippen LogP contribution >= 0.6 is 0 Å². The number of amides is 2. The topological polar surface area (TPSA) is 79.8 Å². The van der Waals surface area contributed by atoms with Crippen molar-refractivity contribution in [3.63, 3.8) is 0 Å². The summed E-state index contributed by atoms with van der Waals surface area (Å²) in [5.41, 5.74) is 2.12. The van der Waals surface area contributed by atoms with E-state index in [1.165, 1.54) is 12.0 Å². The molecule has 0 unspecified atom stereocenters. The molecule has 0 spiro atoms. The lowest BCUT2D eigenvalue weighted by Crippen LogP contribution is -2.41. The third-order valence-corrected chi connectivity index (χ3v) is 3.24. The molecule has 176 valence electrons. The molecule has 0 aromatic heterocycles. The molecule has 1 aromatic rings. The normalized spacial score (nSPS) is 10.5. The molecule has 0 saturated heterocycles. The Kier molecular flexibility index (Phi) is 16.9. The second-order valence-corrected chi connectivity index (χ2v) is 7.70. The zero-order valence-electron chi connectivity index (χ0n) is 21.0. The number of aryl methyl sites for hydroxylation is 1. The van der Waals surface area contributed by atoms with Crippen molar-refractivity contribution in [3.8, 4) is 0 Å². The number of carbonyl (C=O) groups excluding carboxylic acids is 2. The maximum atomic E-state index is 11.9. The van der Waals surface area contributed by atoms with Crippen LogP contribution in [0.4, 0.5) is 4.79 Å². The highest BCUT2D eigenvalue weighted by atomic mass is 16.6. The predicted molar refractivity (Wildman–Crippen MR) is 132 cm³/mol. The Morgan fingerprint density at radius 1 is 1.06 bits per heavy atom. The van der Waals surface area contributed by atoms with Crippen LogP contribution in [0.1, 0.15) is 86.3 Å². The van der Waals surface area contributed by atoms with Gasteiger partial charge in [0.15, 0.2) is 0 Å². The highest BCUT2D eigenvalue weighted by Gasteiger charge is 2.16. The Balaban J connectivity index is 0. The lowest BCUT2D eigenvalue weighted by atomic mass is 10.1. The Labute approximate surface area is 189 Å². The number of amidine groups is 1. The summed E-state index contributed by atoms with van der Waals surface area (Å²) in [5, 5.41) is 5.01. The Morgan fingerprint density at radius 3 is 2.03 bits per heavy atom. The van der Waals surface area contributed by atoms with Crippen LogP contribution in [0.15, 0.2) is 35.8 Å². The van der Waals surface area contributed by atoms with Gasteiger partial charge in [0.05, 0.1) is 5.70 Å². The van der Waals surface area contributed by atoms with Gasteiger partial charge in [0.25, 0.3) is 0 Å². The smallest absolute Gasteiger partial charge is 0.408 e. The number of aliphatic imine (C=N–C) groups is 1. The van der Waals surface area contributed by atoms with Crippen molar-refractivity contribution in [2.45, 2.75) is 87.2 Å².